The fourth-order valence-electron chi connectivity index (χ4n) is 1.59. The molecule has 88 valence electrons. The third-order valence-electron chi connectivity index (χ3n) is 2.48. The van der Waals surface area contributed by atoms with Crippen LogP contribution in [0.4, 0.5) is 5.13 Å². The minimum Gasteiger partial charge on any atom is -0.227 e. The number of aliphatic imine (C=N–C) groups is 1. The van der Waals surface area contributed by atoms with Crippen molar-refractivity contribution in [3.8, 4) is 0 Å². The predicted molar refractivity (Wildman–Crippen MR) is 81.0 cm³/mol. The van der Waals surface area contributed by atoms with E-state index >= 15 is 0 Å². The molecule has 0 radical (unpaired) electrons. The van der Waals surface area contributed by atoms with Gasteiger partial charge in [-0.05, 0) is 29.8 Å². The van der Waals surface area contributed by atoms with Crippen LogP contribution in [0.2, 0.25) is 0 Å². The van der Waals surface area contributed by atoms with Gasteiger partial charge >= 0.3 is 0 Å². The summed E-state index contributed by atoms with van der Waals surface area (Å²) in [5.41, 5.74) is 2.07. The van der Waals surface area contributed by atoms with Gasteiger partial charge in [-0.3, -0.25) is 0 Å². The van der Waals surface area contributed by atoms with Gasteiger partial charge in [-0.1, -0.05) is 51.5 Å². The Labute approximate surface area is 117 Å². The molecule has 0 aliphatic heterocycles. The second-order valence-electron chi connectivity index (χ2n) is 3.77. The zero-order valence-electron chi connectivity index (χ0n) is 9.38. The highest BCUT2D eigenvalue weighted by Crippen LogP contribution is 2.27. The Hall–Kier alpha value is -1.52. The highest BCUT2D eigenvalue weighted by molar-refractivity contribution is 9.10. The second-order valence-corrected chi connectivity index (χ2v) is 5.70. The first-order valence-corrected chi connectivity index (χ1v) is 7.07. The summed E-state index contributed by atoms with van der Waals surface area (Å²) in [4.78, 5) is 8.87. The molecule has 2 aromatic carbocycles. The van der Waals surface area contributed by atoms with E-state index < -0.39 is 0 Å². The van der Waals surface area contributed by atoms with Gasteiger partial charge in [-0.15, -0.1) is 0 Å². The molecule has 0 bridgehead atoms. The Balaban J connectivity index is 1.89. The number of thiazole rings is 1. The first kappa shape index (κ1) is 11.6. The van der Waals surface area contributed by atoms with E-state index in [1.165, 1.54) is 4.70 Å². The lowest BCUT2D eigenvalue weighted by Crippen LogP contribution is -1.78. The van der Waals surface area contributed by atoms with Crippen molar-refractivity contribution in [2.24, 2.45) is 4.99 Å². The van der Waals surface area contributed by atoms with Crippen LogP contribution in [0.5, 0.6) is 0 Å². The van der Waals surface area contributed by atoms with E-state index in [1.54, 1.807) is 11.3 Å². The molecule has 0 atom stereocenters. The van der Waals surface area contributed by atoms with Crippen molar-refractivity contribution in [2.75, 3.05) is 0 Å². The van der Waals surface area contributed by atoms with Gasteiger partial charge in [0.25, 0.3) is 0 Å². The van der Waals surface area contributed by atoms with Crippen molar-refractivity contribution in [1.29, 1.82) is 0 Å². The zero-order chi connectivity index (χ0) is 12.4. The van der Waals surface area contributed by atoms with Crippen molar-refractivity contribution >= 4 is 48.8 Å². The average Bonchev–Trinajstić information content (AvgIpc) is 2.81. The molecule has 18 heavy (non-hydrogen) atoms. The molecular weight excluding hydrogens is 308 g/mol. The number of fused-ring (bicyclic) bond motifs is 1. The molecule has 0 amide bonds. The third-order valence-corrected chi connectivity index (χ3v) is 3.95. The topological polar surface area (TPSA) is 25.2 Å². The molecule has 0 N–H and O–H groups in total. The number of hydrogen-bond acceptors (Lipinski definition) is 3. The maximum Gasteiger partial charge on any atom is 0.210 e. The number of benzene rings is 2. The van der Waals surface area contributed by atoms with Crippen LogP contribution in [-0.2, 0) is 0 Å². The molecule has 1 heterocycles. The quantitative estimate of drug-likeness (QED) is 0.623. The number of nitrogens with zero attached hydrogens (tertiary/aromatic N) is 2. The summed E-state index contributed by atoms with van der Waals surface area (Å²) in [6.45, 7) is 0. The molecule has 0 fully saturated rings. The molecule has 0 aliphatic carbocycles. The Kier molecular flexibility index (Phi) is 3.21. The lowest BCUT2D eigenvalue weighted by atomic mass is 10.2. The highest BCUT2D eigenvalue weighted by Gasteiger charge is 2.00. The molecule has 0 spiro atoms. The Morgan fingerprint density at radius 1 is 1.06 bits per heavy atom. The summed E-state index contributed by atoms with van der Waals surface area (Å²) in [5.74, 6) is 0. The van der Waals surface area contributed by atoms with E-state index in [1.807, 2.05) is 48.7 Å². The van der Waals surface area contributed by atoms with Crippen LogP contribution in [0, 0.1) is 0 Å². The van der Waals surface area contributed by atoms with Gasteiger partial charge in [0.1, 0.15) is 0 Å². The normalized spacial score (nSPS) is 11.4. The molecule has 4 heteroatoms. The number of rotatable bonds is 2. The highest BCUT2D eigenvalue weighted by atomic mass is 79.9. The lowest BCUT2D eigenvalue weighted by Gasteiger charge is -1.91. The molecular formula is C14H9BrN2S. The number of halogens is 1. The van der Waals surface area contributed by atoms with Crippen molar-refractivity contribution in [3.05, 3.63) is 58.6 Å². The Morgan fingerprint density at radius 3 is 2.61 bits per heavy atom. The summed E-state index contributed by atoms with van der Waals surface area (Å²) in [5, 5.41) is 0.791. The van der Waals surface area contributed by atoms with E-state index in [-0.39, 0.29) is 0 Å². The van der Waals surface area contributed by atoms with Crippen molar-refractivity contribution in [1.82, 2.24) is 4.98 Å². The standard InChI is InChI=1S/C14H9BrN2S/c15-11-7-5-10(6-8-11)9-16-14-17-12-3-1-2-4-13(12)18-14/h1-9H/b16-9+. The monoisotopic (exact) mass is 316 g/mol. The molecule has 0 saturated carbocycles. The number of hydrogen-bond donors (Lipinski definition) is 0. The largest absolute Gasteiger partial charge is 0.227 e. The van der Waals surface area contributed by atoms with Crippen LogP contribution in [0.25, 0.3) is 10.2 Å². The Morgan fingerprint density at radius 2 is 1.83 bits per heavy atom. The summed E-state index contributed by atoms with van der Waals surface area (Å²) in [7, 11) is 0. The van der Waals surface area contributed by atoms with Gasteiger partial charge in [0.2, 0.25) is 5.13 Å². The number of para-hydroxylation sites is 1. The maximum absolute atomic E-state index is 4.46. The number of aromatic nitrogens is 1. The van der Waals surface area contributed by atoms with Crippen molar-refractivity contribution in [2.45, 2.75) is 0 Å². The molecule has 2 nitrogen and oxygen atoms in total. The fraction of sp³-hybridized carbons (Fsp3) is 0. The smallest absolute Gasteiger partial charge is 0.210 e. The van der Waals surface area contributed by atoms with Gasteiger partial charge in [-0.2, -0.15) is 0 Å². The predicted octanol–water partition coefficient (Wildman–Crippen LogP) is 4.81. The van der Waals surface area contributed by atoms with E-state index in [0.717, 1.165) is 20.7 Å². The average molecular weight is 317 g/mol. The SMILES string of the molecule is Brc1ccc(/C=N/c2nc3ccccc3s2)cc1. The van der Waals surface area contributed by atoms with Crippen LogP contribution >= 0.6 is 27.3 Å². The first-order chi connectivity index (χ1) is 8.81. The fourth-order valence-corrected chi connectivity index (χ4v) is 2.67. The van der Waals surface area contributed by atoms with Gasteiger partial charge in [-0.25, -0.2) is 9.98 Å². The van der Waals surface area contributed by atoms with E-state index in [2.05, 4.69) is 32.0 Å². The van der Waals surface area contributed by atoms with E-state index in [0.29, 0.717) is 0 Å². The van der Waals surface area contributed by atoms with Crippen LogP contribution in [0.15, 0.2) is 58.0 Å². The second kappa shape index (κ2) is 5.00. The van der Waals surface area contributed by atoms with E-state index in [4.69, 9.17) is 0 Å². The lowest BCUT2D eigenvalue weighted by molar-refractivity contribution is 1.41. The van der Waals surface area contributed by atoms with Crippen molar-refractivity contribution < 1.29 is 0 Å². The first-order valence-electron chi connectivity index (χ1n) is 5.46. The third kappa shape index (κ3) is 2.49. The Bertz CT molecular complexity index is 668. The summed E-state index contributed by atoms with van der Waals surface area (Å²) >= 11 is 5.01. The summed E-state index contributed by atoms with van der Waals surface area (Å²) in [6, 6.07) is 16.1. The van der Waals surface area contributed by atoms with Gasteiger partial charge in [0, 0.05) is 10.7 Å². The minimum atomic E-state index is 0.791. The molecule has 1 aromatic heterocycles. The van der Waals surface area contributed by atoms with Gasteiger partial charge < -0.3 is 0 Å². The van der Waals surface area contributed by atoms with Gasteiger partial charge in [0.05, 0.1) is 10.2 Å². The molecule has 3 aromatic rings. The van der Waals surface area contributed by atoms with Crippen LogP contribution in [0.1, 0.15) is 5.56 Å². The van der Waals surface area contributed by atoms with Crippen LogP contribution in [-0.4, -0.2) is 11.2 Å². The van der Waals surface area contributed by atoms with Crippen LogP contribution < -0.4 is 0 Å². The van der Waals surface area contributed by atoms with Crippen molar-refractivity contribution in [3.63, 3.8) is 0 Å². The molecule has 0 saturated heterocycles. The zero-order valence-corrected chi connectivity index (χ0v) is 11.8. The van der Waals surface area contributed by atoms with Gasteiger partial charge in [0.15, 0.2) is 0 Å². The van der Waals surface area contributed by atoms with Crippen LogP contribution in [0.3, 0.4) is 0 Å². The summed E-state index contributed by atoms with van der Waals surface area (Å²) in [6.07, 6.45) is 1.84. The summed E-state index contributed by atoms with van der Waals surface area (Å²) < 4.78 is 2.24. The molecule has 0 unspecified atom stereocenters. The van der Waals surface area contributed by atoms with E-state index in [9.17, 15) is 0 Å². The molecule has 3 rings (SSSR count). The molecule has 0 aliphatic rings. The minimum absolute atomic E-state index is 0.791. The maximum atomic E-state index is 4.46.